The van der Waals surface area contributed by atoms with Gasteiger partial charge in [-0.15, -0.1) is 0 Å². The molecular weight excluding hydrogens is 834 g/mol. The van der Waals surface area contributed by atoms with Crippen molar-refractivity contribution in [2.45, 2.75) is 10.8 Å². The van der Waals surface area contributed by atoms with Crippen LogP contribution in [0.4, 0.5) is 51.2 Å². The topological polar surface area (TPSA) is 26.8 Å². The van der Waals surface area contributed by atoms with Crippen molar-refractivity contribution in [3.63, 3.8) is 0 Å². The Morgan fingerprint density at radius 2 is 0.612 bits per heavy atom. The Balaban J connectivity index is 1.09. The summed E-state index contributed by atoms with van der Waals surface area (Å²) >= 11 is 0. The number of nitrogens with zero attached hydrogens (tertiary/aromatic N) is 3. The maximum absolute atomic E-state index is 18.4. The molecule has 0 fully saturated rings. The quantitative estimate of drug-likeness (QED) is 0.154. The summed E-state index contributed by atoms with van der Waals surface area (Å²) in [5.74, 6) is 0. The summed E-state index contributed by atoms with van der Waals surface area (Å²) in [4.78, 5) is 7.41. The summed E-state index contributed by atoms with van der Waals surface area (Å²) < 4.78 is 18.4. The summed E-state index contributed by atoms with van der Waals surface area (Å²) in [5.41, 5.74) is 22.8. The van der Waals surface area contributed by atoms with Crippen molar-refractivity contribution in [1.82, 2.24) is 0 Å². The molecule has 0 saturated heterocycles. The Labute approximate surface area is 387 Å². The molecule has 7 aliphatic rings. The molecule has 10 aromatic carbocycles. The van der Waals surface area contributed by atoms with Gasteiger partial charge < -0.3 is 19.3 Å². The fourth-order valence-electron chi connectivity index (χ4n) is 14.3. The maximum Gasteiger partial charge on any atom is 0.183 e. The van der Waals surface area contributed by atoms with Gasteiger partial charge in [-0.05, 0) is 115 Å². The Morgan fingerprint density at radius 3 is 1.04 bits per heavy atom. The molecule has 17 rings (SSSR count). The molecule has 67 heavy (non-hydrogen) atoms. The van der Waals surface area contributed by atoms with Crippen molar-refractivity contribution in [3.8, 4) is 22.3 Å². The first kappa shape index (κ1) is 35.1. The predicted octanol–water partition coefficient (Wildman–Crippen LogP) is 14.0. The highest BCUT2D eigenvalue weighted by Gasteiger charge is 2.63. The number of anilines is 9. The van der Waals surface area contributed by atoms with Gasteiger partial charge in [-0.1, -0.05) is 170 Å². The third-order valence-electron chi connectivity index (χ3n) is 16.4. The number of benzene rings is 10. The molecule has 0 amide bonds. The van der Waals surface area contributed by atoms with Crippen molar-refractivity contribution >= 4 is 74.2 Å². The fraction of sp³-hybridized carbons (Fsp3) is 0.0323. The van der Waals surface area contributed by atoms with Gasteiger partial charge in [0.15, 0.2) is 7.14 Å². The molecule has 0 N–H and O–H groups in total. The molecule has 0 aromatic heterocycles. The van der Waals surface area contributed by atoms with E-state index in [1.807, 2.05) is 0 Å². The van der Waals surface area contributed by atoms with Crippen LogP contribution in [0.15, 0.2) is 218 Å². The van der Waals surface area contributed by atoms with Crippen LogP contribution < -0.4 is 30.6 Å². The van der Waals surface area contributed by atoms with Gasteiger partial charge in [-0.2, -0.15) is 0 Å². The fourth-order valence-corrected chi connectivity index (χ4v) is 18.0. The van der Waals surface area contributed by atoms with E-state index in [2.05, 4.69) is 233 Å². The van der Waals surface area contributed by atoms with Crippen LogP contribution in [-0.2, 0) is 15.4 Å². The van der Waals surface area contributed by atoms with E-state index < -0.39 is 18.0 Å². The van der Waals surface area contributed by atoms with Crippen LogP contribution in [0, 0.1) is 0 Å². The SMILES string of the molecule is O=P12c3c4cccc3N3c5ccccc5C5(c6ccccc6-c6ccccc65)c5ccc(c1c53)N(c1ccccc1)c1ccc3c(c12)N4c1ccccc1C31c2ccccc2-c2ccccc21. The Bertz CT molecular complexity index is 3700. The molecule has 2 aliphatic carbocycles. The van der Waals surface area contributed by atoms with Crippen molar-refractivity contribution in [1.29, 1.82) is 0 Å². The van der Waals surface area contributed by atoms with Crippen molar-refractivity contribution < 1.29 is 4.57 Å². The van der Waals surface area contributed by atoms with E-state index in [0.717, 1.165) is 78.2 Å². The average Bonchev–Trinajstić information content (AvgIpc) is 3.85. The molecular formula is C62H36N3OP. The lowest BCUT2D eigenvalue weighted by Crippen LogP contribution is -2.52. The molecule has 0 unspecified atom stereocenters. The van der Waals surface area contributed by atoms with E-state index in [1.54, 1.807) is 0 Å². The molecule has 310 valence electrons. The van der Waals surface area contributed by atoms with Crippen LogP contribution in [0.25, 0.3) is 22.3 Å². The first-order chi connectivity index (χ1) is 33.2. The minimum absolute atomic E-state index is 0.658. The molecule has 4 nitrogen and oxygen atoms in total. The van der Waals surface area contributed by atoms with Crippen LogP contribution in [-0.4, -0.2) is 0 Å². The number of rotatable bonds is 1. The molecule has 2 spiro atoms. The number of fused-ring (bicyclic) bond motifs is 20. The largest absolute Gasteiger partial charge is 0.309 e. The first-order valence-corrected chi connectivity index (χ1v) is 25.0. The lowest BCUT2D eigenvalue weighted by molar-refractivity contribution is 0.591. The first-order valence-electron chi connectivity index (χ1n) is 23.3. The molecule has 5 aliphatic heterocycles. The van der Waals surface area contributed by atoms with Gasteiger partial charge in [0.25, 0.3) is 0 Å². The van der Waals surface area contributed by atoms with Crippen molar-refractivity contribution in [2.24, 2.45) is 0 Å². The van der Waals surface area contributed by atoms with Crippen LogP contribution in [0.2, 0.25) is 0 Å². The van der Waals surface area contributed by atoms with Crippen molar-refractivity contribution in [3.05, 3.63) is 263 Å². The monoisotopic (exact) mass is 869 g/mol. The zero-order valence-corrected chi connectivity index (χ0v) is 36.9. The van der Waals surface area contributed by atoms with E-state index in [4.69, 9.17) is 0 Å². The zero-order valence-electron chi connectivity index (χ0n) is 36.0. The lowest BCUT2D eigenvalue weighted by atomic mass is 9.64. The highest BCUT2D eigenvalue weighted by molar-refractivity contribution is 7.87. The van der Waals surface area contributed by atoms with Gasteiger partial charge in [0, 0.05) is 5.69 Å². The third kappa shape index (κ3) is 3.60. The Hall–Kier alpha value is -8.17. The second-order valence-electron chi connectivity index (χ2n) is 19.0. The van der Waals surface area contributed by atoms with E-state index in [0.29, 0.717) is 0 Å². The smallest absolute Gasteiger partial charge is 0.183 e. The molecule has 10 aromatic rings. The second-order valence-corrected chi connectivity index (χ2v) is 21.5. The van der Waals surface area contributed by atoms with Gasteiger partial charge in [0.2, 0.25) is 0 Å². The zero-order chi connectivity index (χ0) is 43.5. The molecule has 0 atom stereocenters. The van der Waals surface area contributed by atoms with E-state index in [1.165, 1.54) is 55.6 Å². The third-order valence-corrected chi connectivity index (χ3v) is 19.7. The molecule has 0 radical (unpaired) electrons. The molecule has 5 heteroatoms. The molecule has 0 saturated carbocycles. The molecule has 5 heterocycles. The van der Waals surface area contributed by atoms with Gasteiger partial charge in [0.05, 0.1) is 72.2 Å². The summed E-state index contributed by atoms with van der Waals surface area (Å²) in [5, 5.41) is 2.76. The van der Waals surface area contributed by atoms with Gasteiger partial charge >= 0.3 is 0 Å². The predicted molar refractivity (Wildman–Crippen MR) is 272 cm³/mol. The van der Waals surface area contributed by atoms with Crippen LogP contribution >= 0.6 is 7.14 Å². The Morgan fingerprint density at radius 1 is 0.269 bits per heavy atom. The normalized spacial score (nSPS) is 16.7. The lowest BCUT2D eigenvalue weighted by Gasteiger charge is -2.55. The van der Waals surface area contributed by atoms with E-state index >= 15 is 4.57 Å². The highest BCUT2D eigenvalue weighted by Crippen LogP contribution is 2.74. The minimum atomic E-state index is -3.73. The molecule has 0 bridgehead atoms. The van der Waals surface area contributed by atoms with Crippen molar-refractivity contribution in [2.75, 3.05) is 14.7 Å². The standard InChI is InChI=1S/C62H36N3OP/c66-67-58-52-31-16-32-53(58)65-51-30-15-13-28-47(51)62(44-25-10-6-21-40(44)41-22-7-11-26-45(41)62)49-34-36-55(60(67)57(49)65)63(37-17-2-1-3-18-37)54-35-33-48-56(59(54)67)64(52)50-29-14-12-27-46(50)61(48)42-23-8-4-19-38(42)39-20-5-9-24-43(39)61/h1-36H. The number of hydrogen-bond acceptors (Lipinski definition) is 4. The van der Waals surface area contributed by atoms with Gasteiger partial charge in [0.1, 0.15) is 0 Å². The minimum Gasteiger partial charge on any atom is -0.309 e. The Kier molecular flexibility index (Phi) is 6.09. The summed E-state index contributed by atoms with van der Waals surface area (Å²) in [6, 6.07) is 80.7. The van der Waals surface area contributed by atoms with E-state index in [-0.39, 0.29) is 0 Å². The summed E-state index contributed by atoms with van der Waals surface area (Å²) in [6.45, 7) is 0. The van der Waals surface area contributed by atoms with Crippen LogP contribution in [0.3, 0.4) is 0 Å². The second kappa shape index (κ2) is 11.6. The van der Waals surface area contributed by atoms with Gasteiger partial charge in [-0.25, -0.2) is 0 Å². The number of para-hydroxylation sites is 3. The summed E-state index contributed by atoms with van der Waals surface area (Å²) in [7, 11) is -3.73. The maximum atomic E-state index is 18.4. The van der Waals surface area contributed by atoms with Crippen LogP contribution in [0.5, 0.6) is 0 Å². The number of hydrogen-bond donors (Lipinski definition) is 0. The van der Waals surface area contributed by atoms with E-state index in [9.17, 15) is 0 Å². The van der Waals surface area contributed by atoms with Gasteiger partial charge in [-0.3, -0.25) is 0 Å². The summed E-state index contributed by atoms with van der Waals surface area (Å²) in [6.07, 6.45) is 0. The highest BCUT2D eigenvalue weighted by atomic mass is 31.2. The average molecular weight is 870 g/mol. The van der Waals surface area contributed by atoms with Crippen LogP contribution in [0.1, 0.15) is 44.5 Å².